The van der Waals surface area contributed by atoms with Gasteiger partial charge in [-0.25, -0.2) is 0 Å². The molecule has 2 atom stereocenters. The smallest absolute Gasteiger partial charge is 0.237 e. The minimum atomic E-state index is 0.0462. The molecule has 0 aromatic rings. The van der Waals surface area contributed by atoms with Crippen molar-refractivity contribution >= 4 is 5.91 Å². The molecule has 0 radical (unpaired) electrons. The van der Waals surface area contributed by atoms with E-state index in [2.05, 4.69) is 24.5 Å². The zero-order valence-corrected chi connectivity index (χ0v) is 10.5. The topological polar surface area (TPSA) is 41.1 Å². The van der Waals surface area contributed by atoms with Crippen molar-refractivity contribution in [1.29, 1.82) is 0 Å². The SMILES string of the molecule is CC1(C)CCCC1NC1CCCCNC1=O. The first-order chi connectivity index (χ1) is 7.59. The molecule has 92 valence electrons. The van der Waals surface area contributed by atoms with Gasteiger partial charge in [-0.3, -0.25) is 4.79 Å². The van der Waals surface area contributed by atoms with Crippen LogP contribution in [0.1, 0.15) is 52.4 Å². The van der Waals surface area contributed by atoms with Crippen LogP contribution in [0, 0.1) is 5.41 Å². The Morgan fingerprint density at radius 2 is 2.06 bits per heavy atom. The van der Waals surface area contributed by atoms with Gasteiger partial charge in [-0.2, -0.15) is 0 Å². The van der Waals surface area contributed by atoms with Crippen molar-refractivity contribution in [2.75, 3.05) is 6.54 Å². The van der Waals surface area contributed by atoms with E-state index in [1.54, 1.807) is 0 Å². The second-order valence-electron chi connectivity index (χ2n) is 5.94. The van der Waals surface area contributed by atoms with E-state index in [4.69, 9.17) is 0 Å². The maximum Gasteiger partial charge on any atom is 0.237 e. The first kappa shape index (κ1) is 11.9. The van der Waals surface area contributed by atoms with Gasteiger partial charge in [-0.1, -0.05) is 20.3 Å². The second kappa shape index (κ2) is 4.74. The Kier molecular flexibility index (Phi) is 3.53. The Hall–Kier alpha value is -0.570. The van der Waals surface area contributed by atoms with Crippen molar-refractivity contribution < 1.29 is 4.79 Å². The highest BCUT2D eigenvalue weighted by molar-refractivity contribution is 5.81. The summed E-state index contributed by atoms with van der Waals surface area (Å²) in [5, 5.41) is 6.58. The zero-order valence-electron chi connectivity index (χ0n) is 10.5. The van der Waals surface area contributed by atoms with Crippen LogP contribution in [0.5, 0.6) is 0 Å². The van der Waals surface area contributed by atoms with E-state index in [1.165, 1.54) is 19.3 Å². The van der Waals surface area contributed by atoms with Crippen molar-refractivity contribution in [3.8, 4) is 0 Å². The van der Waals surface area contributed by atoms with Crippen LogP contribution in [0.2, 0.25) is 0 Å². The molecule has 2 fully saturated rings. The average molecular weight is 224 g/mol. The van der Waals surface area contributed by atoms with Crippen molar-refractivity contribution in [2.45, 2.75) is 64.5 Å². The Morgan fingerprint density at radius 1 is 1.25 bits per heavy atom. The normalized spacial score (nSPS) is 34.5. The third-order valence-corrected chi connectivity index (χ3v) is 4.19. The average Bonchev–Trinajstić information content (AvgIpc) is 2.43. The fourth-order valence-electron chi connectivity index (χ4n) is 2.98. The monoisotopic (exact) mass is 224 g/mol. The molecule has 1 saturated heterocycles. The standard InChI is InChI=1S/C13H24N2O/c1-13(2)8-5-7-11(13)15-10-6-3-4-9-14-12(10)16/h10-11,15H,3-9H2,1-2H3,(H,14,16). The van der Waals surface area contributed by atoms with Gasteiger partial charge in [0.05, 0.1) is 6.04 Å². The molecule has 0 aromatic carbocycles. The number of rotatable bonds is 2. The van der Waals surface area contributed by atoms with Crippen LogP contribution in [0.25, 0.3) is 0 Å². The quantitative estimate of drug-likeness (QED) is 0.751. The molecule has 1 amide bonds. The summed E-state index contributed by atoms with van der Waals surface area (Å²) in [7, 11) is 0. The molecule has 3 heteroatoms. The highest BCUT2D eigenvalue weighted by Gasteiger charge is 2.36. The Labute approximate surface area is 98.4 Å². The summed E-state index contributed by atoms with van der Waals surface area (Å²) in [5.74, 6) is 0.209. The molecule has 0 spiro atoms. The van der Waals surface area contributed by atoms with E-state index in [9.17, 15) is 4.79 Å². The molecule has 2 unspecified atom stereocenters. The van der Waals surface area contributed by atoms with Gasteiger partial charge in [0.2, 0.25) is 5.91 Å². The van der Waals surface area contributed by atoms with Crippen LogP contribution in [-0.4, -0.2) is 24.5 Å². The highest BCUT2D eigenvalue weighted by atomic mass is 16.2. The van der Waals surface area contributed by atoms with Crippen LogP contribution in [-0.2, 0) is 4.79 Å². The summed E-state index contributed by atoms with van der Waals surface area (Å²) in [6.07, 6.45) is 7.06. The molecule has 0 bridgehead atoms. The number of carbonyl (C=O) groups excluding carboxylic acids is 1. The van der Waals surface area contributed by atoms with E-state index >= 15 is 0 Å². The predicted octanol–water partition coefficient (Wildman–Crippen LogP) is 1.82. The maximum absolute atomic E-state index is 11.8. The number of carbonyl (C=O) groups is 1. The summed E-state index contributed by atoms with van der Waals surface area (Å²) >= 11 is 0. The van der Waals surface area contributed by atoms with E-state index < -0.39 is 0 Å². The minimum Gasteiger partial charge on any atom is -0.355 e. The summed E-state index contributed by atoms with van der Waals surface area (Å²) in [6.45, 7) is 5.48. The lowest BCUT2D eigenvalue weighted by Gasteiger charge is -2.31. The van der Waals surface area contributed by atoms with Crippen LogP contribution >= 0.6 is 0 Å². The molecule has 3 nitrogen and oxygen atoms in total. The van der Waals surface area contributed by atoms with Crippen molar-refractivity contribution in [1.82, 2.24) is 10.6 Å². The molecule has 1 heterocycles. The third kappa shape index (κ3) is 2.57. The Morgan fingerprint density at radius 3 is 2.75 bits per heavy atom. The van der Waals surface area contributed by atoms with Gasteiger partial charge in [-0.05, 0) is 37.5 Å². The number of amides is 1. The lowest BCUT2D eigenvalue weighted by Crippen LogP contribution is -2.50. The maximum atomic E-state index is 11.8. The van der Waals surface area contributed by atoms with E-state index in [1.807, 2.05) is 0 Å². The van der Waals surface area contributed by atoms with E-state index in [-0.39, 0.29) is 11.9 Å². The molecular weight excluding hydrogens is 200 g/mol. The van der Waals surface area contributed by atoms with Gasteiger partial charge in [0, 0.05) is 12.6 Å². The zero-order chi connectivity index (χ0) is 11.6. The molecule has 0 aromatic heterocycles. The molecule has 2 rings (SSSR count). The Bertz CT molecular complexity index is 263. The molecule has 16 heavy (non-hydrogen) atoms. The van der Waals surface area contributed by atoms with Crippen LogP contribution < -0.4 is 10.6 Å². The molecular formula is C13H24N2O. The van der Waals surface area contributed by atoms with Gasteiger partial charge in [0.15, 0.2) is 0 Å². The summed E-state index contributed by atoms with van der Waals surface area (Å²) in [6, 6.07) is 0.561. The van der Waals surface area contributed by atoms with Crippen LogP contribution in [0.15, 0.2) is 0 Å². The number of nitrogens with one attached hydrogen (secondary N) is 2. The lowest BCUT2D eigenvalue weighted by atomic mass is 9.86. The molecule has 1 saturated carbocycles. The highest BCUT2D eigenvalue weighted by Crippen LogP contribution is 2.37. The largest absolute Gasteiger partial charge is 0.355 e. The van der Waals surface area contributed by atoms with Crippen molar-refractivity contribution in [2.24, 2.45) is 5.41 Å². The fraction of sp³-hybridized carbons (Fsp3) is 0.923. The third-order valence-electron chi connectivity index (χ3n) is 4.19. The van der Waals surface area contributed by atoms with Gasteiger partial charge in [0.1, 0.15) is 0 Å². The van der Waals surface area contributed by atoms with E-state index in [0.29, 0.717) is 11.5 Å². The van der Waals surface area contributed by atoms with E-state index in [0.717, 1.165) is 25.8 Å². The fourth-order valence-corrected chi connectivity index (χ4v) is 2.98. The summed E-state index contributed by atoms with van der Waals surface area (Å²) in [5.41, 5.74) is 0.354. The number of hydrogen-bond donors (Lipinski definition) is 2. The van der Waals surface area contributed by atoms with Crippen molar-refractivity contribution in [3.63, 3.8) is 0 Å². The first-order valence-corrected chi connectivity index (χ1v) is 6.63. The van der Waals surface area contributed by atoms with Gasteiger partial charge < -0.3 is 10.6 Å². The predicted molar refractivity (Wildman–Crippen MR) is 65.2 cm³/mol. The van der Waals surface area contributed by atoms with Crippen LogP contribution in [0.3, 0.4) is 0 Å². The van der Waals surface area contributed by atoms with Crippen LogP contribution in [0.4, 0.5) is 0 Å². The number of hydrogen-bond acceptors (Lipinski definition) is 2. The van der Waals surface area contributed by atoms with Gasteiger partial charge in [-0.15, -0.1) is 0 Å². The molecule has 1 aliphatic carbocycles. The van der Waals surface area contributed by atoms with Gasteiger partial charge in [0.25, 0.3) is 0 Å². The first-order valence-electron chi connectivity index (χ1n) is 6.63. The Balaban J connectivity index is 1.94. The molecule has 1 aliphatic heterocycles. The van der Waals surface area contributed by atoms with Gasteiger partial charge >= 0.3 is 0 Å². The summed E-state index contributed by atoms with van der Waals surface area (Å²) in [4.78, 5) is 11.8. The molecule has 2 aliphatic rings. The minimum absolute atomic E-state index is 0.0462. The lowest BCUT2D eigenvalue weighted by molar-refractivity contribution is -0.123. The molecule has 2 N–H and O–H groups in total. The van der Waals surface area contributed by atoms with Crippen molar-refractivity contribution in [3.05, 3.63) is 0 Å². The summed E-state index contributed by atoms with van der Waals surface area (Å²) < 4.78 is 0. The second-order valence-corrected chi connectivity index (χ2v) is 5.94.